The maximum Gasteiger partial charge on any atom is 0.213 e. The molecule has 2 aromatic rings. The van der Waals surface area contributed by atoms with Gasteiger partial charge in [-0.1, -0.05) is 24.3 Å². The van der Waals surface area contributed by atoms with Crippen molar-refractivity contribution < 1.29 is 4.74 Å². The van der Waals surface area contributed by atoms with E-state index in [9.17, 15) is 0 Å². The van der Waals surface area contributed by atoms with Gasteiger partial charge >= 0.3 is 0 Å². The second-order valence-corrected chi connectivity index (χ2v) is 5.81. The zero-order valence-electron chi connectivity index (χ0n) is 10.9. The third-order valence-electron chi connectivity index (χ3n) is 4.36. The second-order valence-electron chi connectivity index (χ2n) is 5.81. The van der Waals surface area contributed by atoms with E-state index < -0.39 is 0 Å². The molecule has 3 heteroatoms. The summed E-state index contributed by atoms with van der Waals surface area (Å²) >= 11 is 0. The average Bonchev–Trinajstić information content (AvgIpc) is 2.44. The number of hydrogen-bond acceptors (Lipinski definition) is 3. The molecule has 1 N–H and O–H groups in total. The number of piperidine rings is 2. The van der Waals surface area contributed by atoms with E-state index in [-0.39, 0.29) is 0 Å². The lowest BCUT2D eigenvalue weighted by atomic mass is 9.72. The zero-order chi connectivity index (χ0) is 12.7. The largest absolute Gasteiger partial charge is 0.476 e. The fourth-order valence-corrected chi connectivity index (χ4v) is 3.31. The monoisotopic (exact) mass is 254 g/mol. The number of pyridine rings is 1. The first-order valence-electron chi connectivity index (χ1n) is 7.10. The molecule has 19 heavy (non-hydrogen) atoms. The summed E-state index contributed by atoms with van der Waals surface area (Å²) in [4.78, 5) is 4.37. The topological polar surface area (TPSA) is 34.1 Å². The summed E-state index contributed by atoms with van der Waals surface area (Å²) in [6, 6.07) is 11.5. The SMILES string of the molecule is c1ccc2cc(OCC3CC4CC(C4)N3)ncc2c1. The van der Waals surface area contributed by atoms with Crippen LogP contribution >= 0.6 is 0 Å². The fourth-order valence-electron chi connectivity index (χ4n) is 3.31. The minimum absolute atomic E-state index is 0.505. The van der Waals surface area contributed by atoms with E-state index in [2.05, 4.69) is 22.4 Å². The van der Waals surface area contributed by atoms with Gasteiger partial charge in [0.1, 0.15) is 6.61 Å². The molecule has 1 atom stereocenters. The summed E-state index contributed by atoms with van der Waals surface area (Å²) in [6.45, 7) is 0.734. The third kappa shape index (κ3) is 2.19. The number of hydrogen-bond donors (Lipinski definition) is 1. The quantitative estimate of drug-likeness (QED) is 0.914. The van der Waals surface area contributed by atoms with Crippen LogP contribution in [0.2, 0.25) is 0 Å². The molecule has 3 nitrogen and oxygen atoms in total. The van der Waals surface area contributed by atoms with Gasteiger partial charge in [-0.05, 0) is 30.6 Å². The number of nitrogens with one attached hydrogen (secondary N) is 1. The molecule has 98 valence electrons. The first kappa shape index (κ1) is 11.2. The van der Waals surface area contributed by atoms with Crippen LogP contribution in [-0.4, -0.2) is 23.7 Å². The van der Waals surface area contributed by atoms with Crippen LogP contribution in [0.1, 0.15) is 19.3 Å². The molecule has 2 saturated heterocycles. The van der Waals surface area contributed by atoms with Crippen LogP contribution in [0.25, 0.3) is 10.8 Å². The molecule has 0 radical (unpaired) electrons. The normalized spacial score (nSPS) is 28.9. The first-order valence-corrected chi connectivity index (χ1v) is 7.10. The molecule has 1 aromatic heterocycles. The smallest absolute Gasteiger partial charge is 0.213 e. The number of benzene rings is 1. The van der Waals surface area contributed by atoms with E-state index in [1.807, 2.05) is 24.4 Å². The molecule has 5 rings (SSSR count). The average molecular weight is 254 g/mol. The molecule has 0 amide bonds. The van der Waals surface area contributed by atoms with Crippen molar-refractivity contribution in [3.63, 3.8) is 0 Å². The molecule has 3 heterocycles. The van der Waals surface area contributed by atoms with Crippen molar-refractivity contribution in [3.8, 4) is 5.88 Å². The zero-order valence-corrected chi connectivity index (χ0v) is 10.9. The maximum absolute atomic E-state index is 5.85. The highest BCUT2D eigenvalue weighted by atomic mass is 16.5. The Morgan fingerprint density at radius 1 is 1.16 bits per heavy atom. The van der Waals surface area contributed by atoms with E-state index in [0.29, 0.717) is 6.04 Å². The van der Waals surface area contributed by atoms with Crippen LogP contribution in [-0.2, 0) is 0 Å². The van der Waals surface area contributed by atoms with Crippen LogP contribution in [0.15, 0.2) is 36.5 Å². The highest BCUT2D eigenvalue weighted by Crippen LogP contribution is 2.36. The molecule has 0 spiro atoms. The molecule has 1 aliphatic carbocycles. The van der Waals surface area contributed by atoms with Crippen LogP contribution in [0.4, 0.5) is 0 Å². The number of ether oxygens (including phenoxy) is 1. The minimum Gasteiger partial charge on any atom is -0.476 e. The van der Waals surface area contributed by atoms with Gasteiger partial charge in [0.2, 0.25) is 5.88 Å². The van der Waals surface area contributed by atoms with Gasteiger partial charge in [-0.25, -0.2) is 4.98 Å². The van der Waals surface area contributed by atoms with Crippen molar-refractivity contribution in [2.75, 3.05) is 6.61 Å². The molecule has 1 aromatic carbocycles. The number of rotatable bonds is 3. The summed E-state index contributed by atoms with van der Waals surface area (Å²) in [5.74, 6) is 1.67. The van der Waals surface area contributed by atoms with Gasteiger partial charge in [0, 0.05) is 29.7 Å². The molecule has 2 aliphatic heterocycles. The fraction of sp³-hybridized carbons (Fsp3) is 0.438. The molecular weight excluding hydrogens is 236 g/mol. The molecule has 2 bridgehead atoms. The molecule has 3 fully saturated rings. The third-order valence-corrected chi connectivity index (χ3v) is 4.36. The van der Waals surface area contributed by atoms with Crippen molar-refractivity contribution in [2.45, 2.75) is 31.3 Å². The number of nitrogens with zero attached hydrogens (tertiary/aromatic N) is 1. The summed E-state index contributed by atoms with van der Waals surface area (Å²) in [5.41, 5.74) is 0. The van der Waals surface area contributed by atoms with E-state index >= 15 is 0 Å². The maximum atomic E-state index is 5.85. The van der Waals surface area contributed by atoms with Crippen LogP contribution in [0.5, 0.6) is 5.88 Å². The lowest BCUT2D eigenvalue weighted by Crippen LogP contribution is -2.55. The Bertz CT molecular complexity index is 582. The van der Waals surface area contributed by atoms with Crippen molar-refractivity contribution >= 4 is 10.8 Å². The predicted molar refractivity (Wildman–Crippen MR) is 75.3 cm³/mol. The molecule has 3 aliphatic rings. The Kier molecular flexibility index (Phi) is 2.66. The van der Waals surface area contributed by atoms with E-state index in [1.165, 1.54) is 24.6 Å². The second kappa shape index (κ2) is 4.49. The van der Waals surface area contributed by atoms with Gasteiger partial charge in [-0.2, -0.15) is 0 Å². The lowest BCUT2D eigenvalue weighted by Gasteiger charge is -2.46. The van der Waals surface area contributed by atoms with Crippen LogP contribution < -0.4 is 10.1 Å². The Morgan fingerprint density at radius 3 is 2.79 bits per heavy atom. The van der Waals surface area contributed by atoms with Crippen LogP contribution in [0, 0.1) is 5.92 Å². The number of aromatic nitrogens is 1. The minimum atomic E-state index is 0.505. The Balaban J connectivity index is 1.43. The van der Waals surface area contributed by atoms with E-state index in [0.717, 1.165) is 29.8 Å². The lowest BCUT2D eigenvalue weighted by molar-refractivity contribution is 0.0888. The predicted octanol–water partition coefficient (Wildman–Crippen LogP) is 2.75. The van der Waals surface area contributed by atoms with Gasteiger partial charge in [0.25, 0.3) is 0 Å². The van der Waals surface area contributed by atoms with Gasteiger partial charge in [-0.15, -0.1) is 0 Å². The van der Waals surface area contributed by atoms with Gasteiger partial charge in [0.15, 0.2) is 0 Å². The van der Waals surface area contributed by atoms with Gasteiger partial charge in [-0.3, -0.25) is 0 Å². The van der Waals surface area contributed by atoms with Gasteiger partial charge in [0.05, 0.1) is 0 Å². The Labute approximate surface area is 113 Å². The number of fused-ring (bicyclic) bond motifs is 3. The summed E-state index contributed by atoms with van der Waals surface area (Å²) in [7, 11) is 0. The van der Waals surface area contributed by atoms with Crippen molar-refractivity contribution in [1.29, 1.82) is 0 Å². The first-order chi connectivity index (χ1) is 9.37. The van der Waals surface area contributed by atoms with E-state index in [1.54, 1.807) is 0 Å². The van der Waals surface area contributed by atoms with Crippen molar-refractivity contribution in [1.82, 2.24) is 10.3 Å². The Morgan fingerprint density at radius 2 is 2.00 bits per heavy atom. The van der Waals surface area contributed by atoms with Crippen LogP contribution in [0.3, 0.4) is 0 Å². The van der Waals surface area contributed by atoms with Gasteiger partial charge < -0.3 is 10.1 Å². The molecular formula is C16H18N2O. The Hall–Kier alpha value is -1.61. The van der Waals surface area contributed by atoms with Crippen molar-refractivity contribution in [3.05, 3.63) is 36.5 Å². The molecule has 1 unspecified atom stereocenters. The molecule has 1 saturated carbocycles. The standard InChI is InChI=1S/C16H18N2O/c1-2-4-13-9-17-16(8-12(13)3-1)19-10-15-7-11-5-14(6-11)18-15/h1-4,8-9,11,14-15,18H,5-7,10H2. The van der Waals surface area contributed by atoms with Crippen molar-refractivity contribution in [2.24, 2.45) is 5.92 Å². The van der Waals surface area contributed by atoms with E-state index in [4.69, 9.17) is 4.74 Å². The summed E-state index contributed by atoms with van der Waals surface area (Å²) < 4.78 is 5.85. The summed E-state index contributed by atoms with van der Waals surface area (Å²) in [5, 5.41) is 5.98. The summed E-state index contributed by atoms with van der Waals surface area (Å²) in [6.07, 6.45) is 5.87. The highest BCUT2D eigenvalue weighted by Gasteiger charge is 2.37. The highest BCUT2D eigenvalue weighted by molar-refractivity contribution is 5.82.